The minimum absolute atomic E-state index is 0.219. The van der Waals surface area contributed by atoms with Gasteiger partial charge in [-0.2, -0.15) is 5.10 Å². The standard InChI is InChI=1S/C17H27N3O3/c1-17(2,3)23-16(21)19-7-5-14(6-8-19)11-15-12-18-20(13-15)9-10-22-4/h11-13H,5-10H2,1-4H3. The van der Waals surface area contributed by atoms with E-state index < -0.39 is 5.60 Å². The lowest BCUT2D eigenvalue weighted by molar-refractivity contribution is 0.0237. The molecule has 0 saturated carbocycles. The molecule has 1 aromatic heterocycles. The van der Waals surface area contributed by atoms with Crippen molar-refractivity contribution in [3.8, 4) is 0 Å². The van der Waals surface area contributed by atoms with Gasteiger partial charge < -0.3 is 14.4 Å². The number of hydrogen-bond acceptors (Lipinski definition) is 4. The Bertz CT molecular complexity index is 548. The molecule has 1 aromatic rings. The van der Waals surface area contributed by atoms with Crippen LogP contribution in [0.4, 0.5) is 4.79 Å². The van der Waals surface area contributed by atoms with Crippen LogP contribution in [-0.2, 0) is 16.0 Å². The van der Waals surface area contributed by atoms with E-state index in [0.29, 0.717) is 19.7 Å². The van der Waals surface area contributed by atoms with E-state index >= 15 is 0 Å². The van der Waals surface area contributed by atoms with Gasteiger partial charge >= 0.3 is 6.09 Å². The maximum atomic E-state index is 12.0. The second-order valence-electron chi connectivity index (χ2n) is 6.80. The molecule has 2 heterocycles. The van der Waals surface area contributed by atoms with E-state index in [2.05, 4.69) is 11.2 Å². The Labute approximate surface area is 138 Å². The molecular formula is C17H27N3O3. The van der Waals surface area contributed by atoms with Gasteiger partial charge in [-0.05, 0) is 33.6 Å². The molecule has 0 N–H and O–H groups in total. The van der Waals surface area contributed by atoms with Gasteiger partial charge in [0.25, 0.3) is 0 Å². The summed E-state index contributed by atoms with van der Waals surface area (Å²) >= 11 is 0. The SMILES string of the molecule is COCCn1cc(C=C2CCN(C(=O)OC(C)(C)C)CC2)cn1. The Balaban J connectivity index is 1.86. The molecule has 2 rings (SSSR count). The number of methoxy groups -OCH3 is 1. The molecule has 1 amide bonds. The fourth-order valence-corrected chi connectivity index (χ4v) is 2.44. The molecule has 1 aliphatic heterocycles. The summed E-state index contributed by atoms with van der Waals surface area (Å²) in [6.07, 6.45) is 7.59. The smallest absolute Gasteiger partial charge is 0.410 e. The first-order valence-corrected chi connectivity index (χ1v) is 8.06. The van der Waals surface area contributed by atoms with Gasteiger partial charge in [0.15, 0.2) is 0 Å². The predicted molar refractivity (Wildman–Crippen MR) is 89.1 cm³/mol. The number of amides is 1. The van der Waals surface area contributed by atoms with Gasteiger partial charge in [0.2, 0.25) is 0 Å². The number of piperidine rings is 1. The van der Waals surface area contributed by atoms with Crippen LogP contribution in [0.5, 0.6) is 0 Å². The summed E-state index contributed by atoms with van der Waals surface area (Å²) in [5.41, 5.74) is 2.00. The molecule has 1 fully saturated rings. The van der Waals surface area contributed by atoms with E-state index in [0.717, 1.165) is 24.9 Å². The molecule has 128 valence electrons. The fourth-order valence-electron chi connectivity index (χ4n) is 2.44. The van der Waals surface area contributed by atoms with Gasteiger partial charge in [0.05, 0.1) is 19.3 Å². The van der Waals surface area contributed by atoms with Crippen LogP contribution in [-0.4, -0.2) is 53.2 Å². The fraction of sp³-hybridized carbons (Fsp3) is 0.647. The first-order valence-electron chi connectivity index (χ1n) is 8.06. The highest BCUT2D eigenvalue weighted by Crippen LogP contribution is 2.21. The number of rotatable bonds is 4. The van der Waals surface area contributed by atoms with Crippen molar-refractivity contribution in [1.82, 2.24) is 14.7 Å². The lowest BCUT2D eigenvalue weighted by Crippen LogP contribution is -2.40. The van der Waals surface area contributed by atoms with Crippen molar-refractivity contribution in [2.45, 2.75) is 45.8 Å². The molecule has 1 saturated heterocycles. The maximum absolute atomic E-state index is 12.0. The van der Waals surface area contributed by atoms with Gasteiger partial charge in [-0.3, -0.25) is 4.68 Å². The molecule has 0 radical (unpaired) electrons. The number of likely N-dealkylation sites (tertiary alicyclic amines) is 1. The zero-order chi connectivity index (χ0) is 16.9. The molecule has 0 atom stereocenters. The first-order chi connectivity index (χ1) is 10.9. The van der Waals surface area contributed by atoms with Crippen molar-refractivity contribution in [1.29, 1.82) is 0 Å². The minimum atomic E-state index is -0.440. The molecule has 0 spiro atoms. The van der Waals surface area contributed by atoms with Gasteiger partial charge in [0.1, 0.15) is 5.60 Å². The van der Waals surface area contributed by atoms with Gasteiger partial charge in [-0.1, -0.05) is 11.6 Å². The lowest BCUT2D eigenvalue weighted by atomic mass is 10.0. The van der Waals surface area contributed by atoms with Crippen molar-refractivity contribution in [2.24, 2.45) is 0 Å². The lowest BCUT2D eigenvalue weighted by Gasteiger charge is -2.31. The third kappa shape index (κ3) is 5.71. The van der Waals surface area contributed by atoms with Crippen molar-refractivity contribution in [3.05, 3.63) is 23.5 Å². The maximum Gasteiger partial charge on any atom is 0.410 e. The Hall–Kier alpha value is -1.82. The molecule has 0 aliphatic carbocycles. The average Bonchev–Trinajstić information content (AvgIpc) is 2.91. The first kappa shape index (κ1) is 17.5. The van der Waals surface area contributed by atoms with Crippen molar-refractivity contribution in [2.75, 3.05) is 26.8 Å². The molecule has 0 aromatic carbocycles. The summed E-state index contributed by atoms with van der Waals surface area (Å²) in [7, 11) is 1.69. The van der Waals surface area contributed by atoms with Crippen molar-refractivity contribution in [3.63, 3.8) is 0 Å². The van der Waals surface area contributed by atoms with E-state index in [-0.39, 0.29) is 6.09 Å². The topological polar surface area (TPSA) is 56.6 Å². The van der Waals surface area contributed by atoms with Crippen LogP contribution in [0.25, 0.3) is 6.08 Å². The Kier molecular flexibility index (Phi) is 5.82. The largest absolute Gasteiger partial charge is 0.444 e. The van der Waals surface area contributed by atoms with Crippen molar-refractivity contribution < 1.29 is 14.3 Å². The third-order valence-corrected chi connectivity index (χ3v) is 3.61. The van der Waals surface area contributed by atoms with Crippen molar-refractivity contribution >= 4 is 12.2 Å². The van der Waals surface area contributed by atoms with Crippen LogP contribution < -0.4 is 0 Å². The van der Waals surface area contributed by atoms with Crippen LogP contribution >= 0.6 is 0 Å². The quantitative estimate of drug-likeness (QED) is 0.855. The summed E-state index contributed by atoms with van der Waals surface area (Å²) in [6, 6.07) is 0. The number of carbonyl (C=O) groups excluding carboxylic acids is 1. The normalized spacial score (nSPS) is 15.7. The van der Waals surface area contributed by atoms with Crippen LogP contribution in [0.3, 0.4) is 0 Å². The zero-order valence-corrected chi connectivity index (χ0v) is 14.5. The van der Waals surface area contributed by atoms with Gasteiger partial charge in [-0.15, -0.1) is 0 Å². The molecule has 23 heavy (non-hydrogen) atoms. The Morgan fingerprint density at radius 3 is 2.65 bits per heavy atom. The summed E-state index contributed by atoms with van der Waals surface area (Å²) in [6.45, 7) is 8.50. The average molecular weight is 321 g/mol. The highest BCUT2D eigenvalue weighted by atomic mass is 16.6. The predicted octanol–water partition coefficient (Wildman–Crippen LogP) is 2.94. The van der Waals surface area contributed by atoms with Gasteiger partial charge in [0, 0.05) is 32.0 Å². The Morgan fingerprint density at radius 2 is 2.04 bits per heavy atom. The van der Waals surface area contributed by atoms with E-state index in [1.807, 2.05) is 37.8 Å². The van der Waals surface area contributed by atoms with Gasteiger partial charge in [-0.25, -0.2) is 4.79 Å². The molecule has 0 bridgehead atoms. The molecule has 1 aliphatic rings. The highest BCUT2D eigenvalue weighted by Gasteiger charge is 2.24. The van der Waals surface area contributed by atoms with E-state index in [9.17, 15) is 4.79 Å². The van der Waals surface area contributed by atoms with Crippen LogP contribution in [0.2, 0.25) is 0 Å². The molecule has 6 nitrogen and oxygen atoms in total. The highest BCUT2D eigenvalue weighted by molar-refractivity contribution is 5.68. The minimum Gasteiger partial charge on any atom is -0.444 e. The van der Waals surface area contributed by atoms with Crippen LogP contribution in [0.15, 0.2) is 18.0 Å². The number of carbonyl (C=O) groups is 1. The molecular weight excluding hydrogens is 294 g/mol. The third-order valence-electron chi connectivity index (χ3n) is 3.61. The number of hydrogen-bond donors (Lipinski definition) is 0. The second kappa shape index (κ2) is 7.64. The summed E-state index contributed by atoms with van der Waals surface area (Å²) < 4.78 is 12.3. The molecule has 0 unspecified atom stereocenters. The van der Waals surface area contributed by atoms with E-state index in [1.54, 1.807) is 12.0 Å². The van der Waals surface area contributed by atoms with E-state index in [4.69, 9.17) is 9.47 Å². The number of aromatic nitrogens is 2. The summed E-state index contributed by atoms with van der Waals surface area (Å²) in [5.74, 6) is 0. The van der Waals surface area contributed by atoms with Crippen LogP contribution in [0, 0.1) is 0 Å². The summed E-state index contributed by atoms with van der Waals surface area (Å²) in [5, 5.41) is 4.31. The van der Waals surface area contributed by atoms with E-state index in [1.165, 1.54) is 5.57 Å². The molecule has 6 heteroatoms. The van der Waals surface area contributed by atoms with Crippen LogP contribution in [0.1, 0.15) is 39.2 Å². The second-order valence-corrected chi connectivity index (χ2v) is 6.80. The monoisotopic (exact) mass is 321 g/mol. The summed E-state index contributed by atoms with van der Waals surface area (Å²) in [4.78, 5) is 13.8. The number of nitrogens with zero attached hydrogens (tertiary/aromatic N) is 3. The zero-order valence-electron chi connectivity index (χ0n) is 14.5. The number of ether oxygens (including phenoxy) is 2. The Morgan fingerprint density at radius 1 is 1.35 bits per heavy atom.